The molecule has 2 aromatic rings. The third-order valence-electron chi connectivity index (χ3n) is 7.41. The lowest BCUT2D eigenvalue weighted by Gasteiger charge is -2.28. The van der Waals surface area contributed by atoms with Crippen molar-refractivity contribution in [1.82, 2.24) is 0 Å². The molecule has 0 radical (unpaired) electrons. The zero-order valence-corrected chi connectivity index (χ0v) is 21.0. The molecule has 176 valence electrons. The van der Waals surface area contributed by atoms with Crippen LogP contribution in [0.2, 0.25) is 0 Å². The van der Waals surface area contributed by atoms with E-state index in [2.05, 4.69) is 73.9 Å². The van der Waals surface area contributed by atoms with Crippen LogP contribution in [0.15, 0.2) is 61.2 Å². The molecule has 2 aromatic carbocycles. The van der Waals surface area contributed by atoms with Crippen LogP contribution in [0, 0.1) is 23.7 Å². The molecule has 1 aliphatic carbocycles. The van der Waals surface area contributed by atoms with Crippen LogP contribution in [-0.4, -0.2) is 0 Å². The molecule has 1 aliphatic rings. The zero-order chi connectivity index (χ0) is 23.1. The van der Waals surface area contributed by atoms with Gasteiger partial charge in [0.25, 0.3) is 0 Å². The predicted molar refractivity (Wildman–Crippen MR) is 145 cm³/mol. The van der Waals surface area contributed by atoms with E-state index < -0.39 is 0 Å². The average molecular weight is 441 g/mol. The summed E-state index contributed by atoms with van der Waals surface area (Å²) in [6, 6.07) is 17.4. The molecule has 0 unspecified atom stereocenters. The van der Waals surface area contributed by atoms with Crippen LogP contribution >= 0.6 is 0 Å². The van der Waals surface area contributed by atoms with Crippen molar-refractivity contribution >= 4 is 0 Å². The van der Waals surface area contributed by atoms with Crippen LogP contribution in [-0.2, 0) is 12.8 Å². The van der Waals surface area contributed by atoms with E-state index in [9.17, 15) is 0 Å². The van der Waals surface area contributed by atoms with Crippen LogP contribution in [0.5, 0.6) is 0 Å². The largest absolute Gasteiger partial charge is 0.103 e. The van der Waals surface area contributed by atoms with Crippen LogP contribution in [0.4, 0.5) is 0 Å². The molecule has 0 nitrogen and oxygen atoms in total. The van der Waals surface area contributed by atoms with Crippen molar-refractivity contribution in [3.63, 3.8) is 0 Å². The third kappa shape index (κ3) is 9.63. The number of hydrogen-bond acceptors (Lipinski definition) is 0. The second kappa shape index (κ2) is 14.8. The molecule has 0 amide bonds. The smallest absolute Gasteiger partial charge is 0.0249 e. The van der Waals surface area contributed by atoms with E-state index in [0.717, 1.165) is 29.4 Å². The molecule has 0 bridgehead atoms. The highest BCUT2D eigenvalue weighted by molar-refractivity contribution is 5.44. The Labute approximate surface area is 203 Å². The first kappa shape index (κ1) is 25.4. The summed E-state index contributed by atoms with van der Waals surface area (Å²) in [7, 11) is 0. The molecule has 0 heterocycles. The monoisotopic (exact) mass is 440 g/mol. The maximum absolute atomic E-state index is 3.80. The van der Waals surface area contributed by atoms with Crippen molar-refractivity contribution < 1.29 is 0 Å². The van der Waals surface area contributed by atoms with E-state index in [0.29, 0.717) is 0 Å². The SMILES string of the molecule is C=CCc1ccc(C#Cc2ccc(CCC3CCC(CCCCCCCC)CC3)cc2)cc1. The standard InChI is InChI=1S/C33H44/c1-3-5-6-7-8-9-11-29-14-18-31(19-15-29)21-23-33-26-24-32(25-27-33)22-20-30-16-12-28(10-4-2)13-17-30/h4,12-13,16-17,24-27,29,31H,2-3,5-11,14-15,18-19,21,23H2,1H3. The maximum atomic E-state index is 3.80. The molecule has 0 saturated heterocycles. The Bertz CT molecular complexity index is 851. The fourth-order valence-electron chi connectivity index (χ4n) is 5.18. The van der Waals surface area contributed by atoms with Crippen molar-refractivity contribution in [1.29, 1.82) is 0 Å². The highest BCUT2D eigenvalue weighted by atomic mass is 14.3. The van der Waals surface area contributed by atoms with Gasteiger partial charge in [-0.05, 0) is 66.5 Å². The molecule has 1 saturated carbocycles. The van der Waals surface area contributed by atoms with Gasteiger partial charge in [0.15, 0.2) is 0 Å². The molecule has 0 atom stereocenters. The molecular weight excluding hydrogens is 396 g/mol. The lowest BCUT2D eigenvalue weighted by Crippen LogP contribution is -2.15. The highest BCUT2D eigenvalue weighted by Gasteiger charge is 2.20. The lowest BCUT2D eigenvalue weighted by molar-refractivity contribution is 0.248. The zero-order valence-electron chi connectivity index (χ0n) is 21.0. The van der Waals surface area contributed by atoms with Gasteiger partial charge >= 0.3 is 0 Å². The molecule has 0 heteroatoms. The normalized spacial score (nSPS) is 17.8. The van der Waals surface area contributed by atoms with Gasteiger partial charge in [0.05, 0.1) is 0 Å². The van der Waals surface area contributed by atoms with Gasteiger partial charge in [-0.25, -0.2) is 0 Å². The summed E-state index contributed by atoms with van der Waals surface area (Å²) < 4.78 is 0. The fourth-order valence-corrected chi connectivity index (χ4v) is 5.18. The molecule has 0 aromatic heterocycles. The molecule has 3 rings (SSSR count). The van der Waals surface area contributed by atoms with E-state index in [1.54, 1.807) is 0 Å². The molecule has 0 aliphatic heterocycles. The minimum Gasteiger partial charge on any atom is -0.103 e. The van der Waals surface area contributed by atoms with Crippen LogP contribution in [0.1, 0.15) is 106 Å². The van der Waals surface area contributed by atoms with E-state index in [-0.39, 0.29) is 0 Å². The van der Waals surface area contributed by atoms with Crippen LogP contribution < -0.4 is 0 Å². The first-order valence-electron chi connectivity index (χ1n) is 13.6. The van der Waals surface area contributed by atoms with Crippen molar-refractivity contribution in [2.75, 3.05) is 0 Å². The third-order valence-corrected chi connectivity index (χ3v) is 7.41. The number of rotatable bonds is 12. The van der Waals surface area contributed by atoms with Crippen molar-refractivity contribution in [3.05, 3.63) is 83.4 Å². The lowest BCUT2D eigenvalue weighted by atomic mass is 9.77. The van der Waals surface area contributed by atoms with Gasteiger partial charge in [0, 0.05) is 11.1 Å². The van der Waals surface area contributed by atoms with Gasteiger partial charge in [0.1, 0.15) is 0 Å². The minimum absolute atomic E-state index is 0.913. The van der Waals surface area contributed by atoms with E-state index >= 15 is 0 Å². The molecule has 0 N–H and O–H groups in total. The van der Waals surface area contributed by atoms with E-state index in [1.165, 1.54) is 94.6 Å². The summed E-state index contributed by atoms with van der Waals surface area (Å²) in [5.74, 6) is 8.56. The van der Waals surface area contributed by atoms with Gasteiger partial charge in [-0.2, -0.15) is 0 Å². The predicted octanol–water partition coefficient (Wildman–Crippen LogP) is 9.30. The Kier molecular flexibility index (Phi) is 11.4. The topological polar surface area (TPSA) is 0 Å². The van der Waals surface area contributed by atoms with E-state index in [4.69, 9.17) is 0 Å². The number of aryl methyl sites for hydroxylation is 1. The highest BCUT2D eigenvalue weighted by Crippen LogP contribution is 2.34. The molecule has 0 spiro atoms. The first-order chi connectivity index (χ1) is 16.3. The summed E-state index contributed by atoms with van der Waals surface area (Å²) in [4.78, 5) is 0. The fraction of sp³-hybridized carbons (Fsp3) is 0.515. The summed E-state index contributed by atoms with van der Waals surface area (Å²) in [5.41, 5.74) is 4.91. The summed E-state index contributed by atoms with van der Waals surface area (Å²) in [5, 5.41) is 0. The van der Waals surface area contributed by atoms with Gasteiger partial charge in [-0.1, -0.05) is 120 Å². The van der Waals surface area contributed by atoms with Crippen LogP contribution in [0.3, 0.4) is 0 Å². The Morgan fingerprint density at radius 1 is 0.697 bits per heavy atom. The van der Waals surface area contributed by atoms with Gasteiger partial charge in [-0.3, -0.25) is 0 Å². The van der Waals surface area contributed by atoms with Crippen molar-refractivity contribution in [2.24, 2.45) is 11.8 Å². The second-order valence-corrected chi connectivity index (χ2v) is 10.1. The number of unbranched alkanes of at least 4 members (excludes halogenated alkanes) is 5. The number of allylic oxidation sites excluding steroid dienone is 1. The van der Waals surface area contributed by atoms with Crippen molar-refractivity contribution in [2.45, 2.75) is 96.8 Å². The van der Waals surface area contributed by atoms with Gasteiger partial charge in [-0.15, -0.1) is 6.58 Å². The quantitative estimate of drug-likeness (QED) is 0.175. The van der Waals surface area contributed by atoms with Crippen LogP contribution in [0.25, 0.3) is 0 Å². The second-order valence-electron chi connectivity index (χ2n) is 10.1. The Balaban J connectivity index is 1.34. The van der Waals surface area contributed by atoms with Gasteiger partial charge < -0.3 is 0 Å². The molecule has 1 fully saturated rings. The summed E-state index contributed by atoms with van der Waals surface area (Å²) >= 11 is 0. The van der Waals surface area contributed by atoms with E-state index in [1.807, 2.05) is 6.08 Å². The molecule has 33 heavy (non-hydrogen) atoms. The maximum Gasteiger partial charge on any atom is 0.0249 e. The Morgan fingerprint density at radius 3 is 1.79 bits per heavy atom. The molecular formula is C33H44. The summed E-state index contributed by atoms with van der Waals surface area (Å²) in [6.07, 6.45) is 21.4. The van der Waals surface area contributed by atoms with Gasteiger partial charge in [0.2, 0.25) is 0 Å². The Hall–Kier alpha value is -2.26. The minimum atomic E-state index is 0.913. The number of benzene rings is 2. The summed E-state index contributed by atoms with van der Waals surface area (Å²) in [6.45, 7) is 6.10. The first-order valence-corrected chi connectivity index (χ1v) is 13.6. The number of hydrogen-bond donors (Lipinski definition) is 0. The average Bonchev–Trinajstić information content (AvgIpc) is 2.86. The van der Waals surface area contributed by atoms with Crippen molar-refractivity contribution in [3.8, 4) is 11.8 Å². The Morgan fingerprint density at radius 2 is 1.21 bits per heavy atom.